The second-order valence-corrected chi connectivity index (χ2v) is 2.73. The topological polar surface area (TPSA) is 12.0 Å². The van der Waals surface area contributed by atoms with Gasteiger partial charge in [-0.3, -0.25) is 0 Å². The fourth-order valence-electron chi connectivity index (χ4n) is 1.18. The summed E-state index contributed by atoms with van der Waals surface area (Å²) in [6, 6.07) is 6.21. The lowest BCUT2D eigenvalue weighted by Crippen LogP contribution is -1.92. The summed E-state index contributed by atoms with van der Waals surface area (Å²) < 4.78 is 0. The molecule has 1 N–H and O–H groups in total. The van der Waals surface area contributed by atoms with Crippen molar-refractivity contribution < 1.29 is 0 Å². The van der Waals surface area contributed by atoms with Gasteiger partial charge in [-0.1, -0.05) is 18.2 Å². The highest BCUT2D eigenvalue weighted by Gasteiger charge is 1.95. The molecule has 0 heterocycles. The second kappa shape index (κ2) is 3.96. The lowest BCUT2D eigenvalue weighted by molar-refractivity contribution is 1.26. The third-order valence-electron chi connectivity index (χ3n) is 1.82. The maximum atomic E-state index is 3.94. The quantitative estimate of drug-likeness (QED) is 0.670. The van der Waals surface area contributed by atoms with Gasteiger partial charge < -0.3 is 5.32 Å². The molecule has 0 aliphatic rings. The molecule has 0 bridgehead atoms. The summed E-state index contributed by atoms with van der Waals surface area (Å²) in [5, 5.41) is 3.08. The highest BCUT2D eigenvalue weighted by atomic mass is 14.8. The van der Waals surface area contributed by atoms with Crippen LogP contribution in [0.4, 0.5) is 5.69 Å². The lowest BCUT2D eigenvalue weighted by atomic mass is 10.1. The van der Waals surface area contributed by atoms with E-state index in [1.165, 1.54) is 5.56 Å². The van der Waals surface area contributed by atoms with Crippen molar-refractivity contribution in [1.82, 2.24) is 0 Å². The zero-order valence-corrected chi connectivity index (χ0v) is 7.43. The average molecular weight is 160 g/mol. The van der Waals surface area contributed by atoms with Crippen LogP contribution in [0.1, 0.15) is 11.1 Å². The molecule has 0 fully saturated rings. The molecule has 0 amide bonds. The Morgan fingerprint density at radius 3 is 2.75 bits per heavy atom. The maximum Gasteiger partial charge on any atom is 0.0370 e. The van der Waals surface area contributed by atoms with Crippen molar-refractivity contribution >= 4 is 5.69 Å². The first-order valence-electron chi connectivity index (χ1n) is 4.01. The maximum absolute atomic E-state index is 3.94. The molecule has 63 valence electrons. The summed E-state index contributed by atoms with van der Waals surface area (Å²) in [4.78, 5) is 0. The summed E-state index contributed by atoms with van der Waals surface area (Å²) in [5.41, 5.74) is 3.38. The van der Waals surface area contributed by atoms with Gasteiger partial charge in [0, 0.05) is 12.7 Å². The van der Waals surface area contributed by atoms with Gasteiger partial charge in [0.15, 0.2) is 0 Å². The first-order valence-corrected chi connectivity index (χ1v) is 4.01. The largest absolute Gasteiger partial charge is 0.388 e. The molecule has 0 saturated carbocycles. The van der Waals surface area contributed by atoms with Crippen molar-refractivity contribution in [1.29, 1.82) is 0 Å². The van der Waals surface area contributed by atoms with Crippen LogP contribution in [0.15, 0.2) is 30.9 Å². The van der Waals surface area contributed by atoms with Crippen LogP contribution in [0.2, 0.25) is 0 Å². The van der Waals surface area contributed by atoms with E-state index in [0.717, 1.165) is 17.7 Å². The molecular formula is C11H14N. The van der Waals surface area contributed by atoms with Gasteiger partial charge >= 0.3 is 0 Å². The van der Waals surface area contributed by atoms with Crippen LogP contribution in [0.3, 0.4) is 0 Å². The molecule has 1 heteroatoms. The minimum atomic E-state index is 0.909. The minimum Gasteiger partial charge on any atom is -0.388 e. The molecule has 1 aromatic rings. The summed E-state index contributed by atoms with van der Waals surface area (Å²) in [6.45, 7) is 7.63. The molecule has 0 aromatic heterocycles. The Hall–Kier alpha value is -1.24. The van der Waals surface area contributed by atoms with Crippen LogP contribution in [0.25, 0.3) is 0 Å². The van der Waals surface area contributed by atoms with Crippen molar-refractivity contribution in [3.05, 3.63) is 48.9 Å². The molecule has 0 atom stereocenters. The highest BCUT2D eigenvalue weighted by molar-refractivity contribution is 5.53. The Bertz CT molecular complexity index is 276. The zero-order chi connectivity index (χ0) is 8.97. The smallest absolute Gasteiger partial charge is 0.0370 e. The van der Waals surface area contributed by atoms with Gasteiger partial charge in [-0.25, -0.2) is 0 Å². The molecule has 0 aliphatic carbocycles. The van der Waals surface area contributed by atoms with E-state index in [1.807, 2.05) is 19.2 Å². The number of nitrogens with one attached hydrogen (secondary N) is 1. The summed E-state index contributed by atoms with van der Waals surface area (Å²) in [6.07, 6.45) is 2.81. The monoisotopic (exact) mass is 160 g/mol. The number of hydrogen-bond donors (Lipinski definition) is 1. The predicted molar refractivity (Wildman–Crippen MR) is 54.3 cm³/mol. The van der Waals surface area contributed by atoms with Gasteiger partial charge in [-0.2, -0.15) is 0 Å². The van der Waals surface area contributed by atoms with Gasteiger partial charge in [-0.15, -0.1) is 6.58 Å². The van der Waals surface area contributed by atoms with Crippen LogP contribution in [0, 0.1) is 6.92 Å². The van der Waals surface area contributed by atoms with Crippen LogP contribution < -0.4 is 5.32 Å². The molecule has 0 saturated heterocycles. The number of anilines is 1. The van der Waals surface area contributed by atoms with E-state index in [1.54, 1.807) is 0 Å². The lowest BCUT2D eigenvalue weighted by Gasteiger charge is -2.05. The molecule has 0 aliphatic heterocycles. The molecule has 0 unspecified atom stereocenters. The van der Waals surface area contributed by atoms with Crippen molar-refractivity contribution in [3.63, 3.8) is 0 Å². The molecule has 12 heavy (non-hydrogen) atoms. The van der Waals surface area contributed by atoms with Crippen molar-refractivity contribution in [2.24, 2.45) is 0 Å². The van der Waals surface area contributed by atoms with Gasteiger partial charge in [0.1, 0.15) is 0 Å². The summed E-state index contributed by atoms with van der Waals surface area (Å²) in [5.74, 6) is 0. The van der Waals surface area contributed by atoms with Crippen molar-refractivity contribution in [3.8, 4) is 0 Å². The van der Waals surface area contributed by atoms with Crippen LogP contribution in [-0.2, 0) is 6.42 Å². The van der Waals surface area contributed by atoms with E-state index in [-0.39, 0.29) is 0 Å². The number of hydrogen-bond acceptors (Lipinski definition) is 1. The standard InChI is InChI=1S/C11H14N/c1-4-5-10-6-7-11(12-3)9(2)8-10/h4,6-8,12H,1-2,5H2,3H3. The number of allylic oxidation sites excluding steroid dienone is 1. The third kappa shape index (κ3) is 1.88. The first-order chi connectivity index (χ1) is 5.77. The molecule has 0 spiro atoms. The van der Waals surface area contributed by atoms with E-state index in [4.69, 9.17) is 0 Å². The Balaban J connectivity index is 2.93. The van der Waals surface area contributed by atoms with Gasteiger partial charge in [0.2, 0.25) is 0 Å². The number of benzene rings is 1. The normalized spacial score (nSPS) is 9.50. The molecule has 1 nitrogen and oxygen atoms in total. The Kier molecular flexibility index (Phi) is 2.92. The zero-order valence-electron chi connectivity index (χ0n) is 7.43. The van der Waals surface area contributed by atoms with E-state index in [9.17, 15) is 0 Å². The van der Waals surface area contributed by atoms with Crippen LogP contribution in [-0.4, -0.2) is 7.05 Å². The average Bonchev–Trinajstić information content (AvgIpc) is 2.05. The minimum absolute atomic E-state index is 0.909. The van der Waals surface area contributed by atoms with Crippen molar-refractivity contribution in [2.45, 2.75) is 6.42 Å². The number of rotatable bonds is 3. The van der Waals surface area contributed by atoms with E-state index < -0.39 is 0 Å². The van der Waals surface area contributed by atoms with Crippen LogP contribution >= 0.6 is 0 Å². The van der Waals surface area contributed by atoms with Gasteiger partial charge in [-0.05, 0) is 30.5 Å². The van der Waals surface area contributed by atoms with Crippen molar-refractivity contribution in [2.75, 3.05) is 12.4 Å². The molecule has 1 radical (unpaired) electrons. The van der Waals surface area contributed by atoms with E-state index in [0.29, 0.717) is 0 Å². The third-order valence-corrected chi connectivity index (χ3v) is 1.82. The molecular weight excluding hydrogens is 146 g/mol. The second-order valence-electron chi connectivity index (χ2n) is 2.73. The first kappa shape index (κ1) is 8.85. The van der Waals surface area contributed by atoms with E-state index >= 15 is 0 Å². The fourth-order valence-corrected chi connectivity index (χ4v) is 1.18. The molecule has 1 aromatic carbocycles. The Morgan fingerprint density at radius 1 is 1.50 bits per heavy atom. The van der Waals surface area contributed by atoms with Gasteiger partial charge in [0.25, 0.3) is 0 Å². The highest BCUT2D eigenvalue weighted by Crippen LogP contribution is 2.15. The van der Waals surface area contributed by atoms with E-state index in [2.05, 4.69) is 31.0 Å². The summed E-state index contributed by atoms with van der Waals surface area (Å²) in [7, 11) is 1.90. The summed E-state index contributed by atoms with van der Waals surface area (Å²) >= 11 is 0. The Morgan fingerprint density at radius 2 is 2.25 bits per heavy atom. The Labute approximate surface area is 74.1 Å². The predicted octanol–water partition coefficient (Wildman–Crippen LogP) is 2.64. The fraction of sp³-hybridized carbons (Fsp3) is 0.182. The SMILES string of the molecule is [CH2]c1cc(CC=C)ccc1NC. The van der Waals surface area contributed by atoms with Gasteiger partial charge in [0.05, 0.1) is 0 Å². The molecule has 1 rings (SSSR count). The van der Waals surface area contributed by atoms with Crippen LogP contribution in [0.5, 0.6) is 0 Å².